The highest BCUT2D eigenvalue weighted by molar-refractivity contribution is 5.95. The quantitative estimate of drug-likeness (QED) is 0.898. The molecular formula is C14H19FN2O2. The highest BCUT2D eigenvalue weighted by Gasteiger charge is 2.27. The topological polar surface area (TPSA) is 43.8 Å². The Morgan fingerprint density at radius 3 is 2.79 bits per heavy atom. The molecule has 4 nitrogen and oxygen atoms in total. The van der Waals surface area contributed by atoms with Gasteiger partial charge in [0.15, 0.2) is 0 Å². The van der Waals surface area contributed by atoms with Crippen LogP contribution in [0.2, 0.25) is 0 Å². The van der Waals surface area contributed by atoms with Crippen LogP contribution >= 0.6 is 0 Å². The number of benzene rings is 1. The highest BCUT2D eigenvalue weighted by atomic mass is 19.1. The molecule has 1 saturated heterocycles. The van der Waals surface area contributed by atoms with Crippen LogP contribution in [-0.4, -0.2) is 49.7 Å². The first-order valence-corrected chi connectivity index (χ1v) is 6.40. The third-order valence-electron chi connectivity index (χ3n) is 3.53. The summed E-state index contributed by atoms with van der Waals surface area (Å²) in [6.07, 6.45) is 0.777. The molecule has 0 aliphatic carbocycles. The van der Waals surface area contributed by atoms with Crippen molar-refractivity contribution in [3.63, 3.8) is 0 Å². The number of anilines is 1. The Labute approximate surface area is 112 Å². The number of carbonyl (C=O) groups excluding carboxylic acids is 1. The lowest BCUT2D eigenvalue weighted by Gasteiger charge is -2.18. The van der Waals surface area contributed by atoms with Crippen LogP contribution in [0.15, 0.2) is 18.2 Å². The van der Waals surface area contributed by atoms with Crippen molar-refractivity contribution in [3.05, 3.63) is 29.6 Å². The maximum absolute atomic E-state index is 14.0. The van der Waals surface area contributed by atoms with Gasteiger partial charge in [0.2, 0.25) is 0 Å². The van der Waals surface area contributed by atoms with E-state index in [-0.39, 0.29) is 24.0 Å². The van der Waals surface area contributed by atoms with E-state index < -0.39 is 5.82 Å². The van der Waals surface area contributed by atoms with Crippen LogP contribution in [0.5, 0.6) is 0 Å². The first-order valence-electron chi connectivity index (χ1n) is 6.40. The van der Waals surface area contributed by atoms with Crippen molar-refractivity contribution < 1.29 is 14.3 Å². The van der Waals surface area contributed by atoms with Gasteiger partial charge in [-0.15, -0.1) is 0 Å². The molecule has 1 fully saturated rings. The van der Waals surface area contributed by atoms with Crippen LogP contribution < -0.4 is 4.90 Å². The first-order chi connectivity index (χ1) is 9.02. The molecule has 1 aromatic carbocycles. The lowest BCUT2D eigenvalue weighted by molar-refractivity contribution is 0.0777. The maximum Gasteiger partial charge on any atom is 0.256 e. The molecule has 1 aliphatic rings. The molecule has 1 aromatic rings. The van der Waals surface area contributed by atoms with Crippen molar-refractivity contribution in [2.45, 2.75) is 6.42 Å². The first kappa shape index (κ1) is 13.8. The molecule has 104 valence electrons. The van der Waals surface area contributed by atoms with Crippen molar-refractivity contribution in [2.75, 3.05) is 38.7 Å². The molecule has 0 aromatic heterocycles. The fourth-order valence-electron chi connectivity index (χ4n) is 2.29. The van der Waals surface area contributed by atoms with Crippen LogP contribution in [0, 0.1) is 11.7 Å². The fraction of sp³-hybridized carbons (Fsp3) is 0.500. The Balaban J connectivity index is 2.16. The van der Waals surface area contributed by atoms with E-state index in [1.807, 2.05) is 14.1 Å². The largest absolute Gasteiger partial charge is 0.396 e. The van der Waals surface area contributed by atoms with Crippen LogP contribution in [-0.2, 0) is 0 Å². The predicted molar refractivity (Wildman–Crippen MR) is 71.8 cm³/mol. The second-order valence-electron chi connectivity index (χ2n) is 5.15. The van der Waals surface area contributed by atoms with Crippen LogP contribution in [0.4, 0.5) is 10.1 Å². The number of hydrogen-bond donors (Lipinski definition) is 1. The van der Waals surface area contributed by atoms with Gasteiger partial charge < -0.3 is 14.9 Å². The maximum atomic E-state index is 14.0. The molecule has 1 heterocycles. The normalized spacial score (nSPS) is 18.7. The van der Waals surface area contributed by atoms with E-state index in [0.29, 0.717) is 13.1 Å². The van der Waals surface area contributed by atoms with E-state index >= 15 is 0 Å². The molecule has 0 bridgehead atoms. The summed E-state index contributed by atoms with van der Waals surface area (Å²) in [5, 5.41) is 9.07. The Morgan fingerprint density at radius 1 is 1.53 bits per heavy atom. The number of nitrogens with zero attached hydrogens (tertiary/aromatic N) is 2. The minimum Gasteiger partial charge on any atom is -0.396 e. The minimum atomic E-state index is -0.497. The third kappa shape index (κ3) is 2.87. The van der Waals surface area contributed by atoms with Crippen molar-refractivity contribution in [3.8, 4) is 0 Å². The number of halogens is 1. The van der Waals surface area contributed by atoms with Gasteiger partial charge in [-0.1, -0.05) is 0 Å². The van der Waals surface area contributed by atoms with Gasteiger partial charge in [-0.3, -0.25) is 4.79 Å². The second-order valence-corrected chi connectivity index (χ2v) is 5.15. The fourth-order valence-corrected chi connectivity index (χ4v) is 2.29. The van der Waals surface area contributed by atoms with Gasteiger partial charge in [-0.2, -0.15) is 0 Å². The zero-order chi connectivity index (χ0) is 14.0. The Morgan fingerprint density at radius 2 is 2.26 bits per heavy atom. The van der Waals surface area contributed by atoms with E-state index in [9.17, 15) is 9.18 Å². The van der Waals surface area contributed by atoms with Crippen molar-refractivity contribution >= 4 is 11.6 Å². The summed E-state index contributed by atoms with van der Waals surface area (Å²) in [5.74, 6) is -0.671. The predicted octanol–water partition coefficient (Wildman–Crippen LogP) is 1.35. The number of carbonyl (C=O) groups is 1. The standard InChI is InChI=1S/C14H19FN2O2/c1-16(2)11-3-4-12(13(15)7-11)14(19)17-6-5-10(8-17)9-18/h3-4,7,10,18H,5-6,8-9H2,1-2H3. The second kappa shape index (κ2) is 5.57. The van der Waals surface area contributed by atoms with Gasteiger partial charge >= 0.3 is 0 Å². The molecule has 0 spiro atoms. The van der Waals surface area contributed by atoms with Crippen molar-refractivity contribution in [1.29, 1.82) is 0 Å². The summed E-state index contributed by atoms with van der Waals surface area (Å²) in [5.41, 5.74) is 0.827. The van der Waals surface area contributed by atoms with Crippen LogP contribution in [0.25, 0.3) is 0 Å². The van der Waals surface area contributed by atoms with E-state index in [2.05, 4.69) is 0 Å². The van der Waals surface area contributed by atoms with E-state index in [4.69, 9.17) is 5.11 Å². The average Bonchev–Trinajstić information content (AvgIpc) is 2.86. The average molecular weight is 266 g/mol. The summed E-state index contributed by atoms with van der Waals surface area (Å²) in [4.78, 5) is 15.6. The van der Waals surface area contributed by atoms with E-state index in [0.717, 1.165) is 12.1 Å². The Bertz CT molecular complexity index is 477. The van der Waals surface area contributed by atoms with Crippen LogP contribution in [0.3, 0.4) is 0 Å². The number of hydrogen-bond acceptors (Lipinski definition) is 3. The minimum absolute atomic E-state index is 0.0752. The van der Waals surface area contributed by atoms with Gasteiger partial charge in [-0.05, 0) is 24.6 Å². The zero-order valence-corrected chi connectivity index (χ0v) is 11.3. The van der Waals surface area contributed by atoms with Gasteiger partial charge in [0, 0.05) is 45.4 Å². The lowest BCUT2D eigenvalue weighted by atomic mass is 10.1. The molecule has 1 unspecified atom stereocenters. The number of aliphatic hydroxyl groups excluding tert-OH is 1. The molecule has 5 heteroatoms. The molecule has 1 N–H and O–H groups in total. The smallest absolute Gasteiger partial charge is 0.256 e. The molecule has 1 aliphatic heterocycles. The highest BCUT2D eigenvalue weighted by Crippen LogP contribution is 2.22. The number of aliphatic hydroxyl groups is 1. The van der Waals surface area contributed by atoms with Crippen molar-refractivity contribution in [2.24, 2.45) is 5.92 Å². The van der Waals surface area contributed by atoms with Crippen LogP contribution in [0.1, 0.15) is 16.8 Å². The molecule has 1 atom stereocenters. The molecule has 19 heavy (non-hydrogen) atoms. The van der Waals surface area contributed by atoms with Gasteiger partial charge in [-0.25, -0.2) is 4.39 Å². The zero-order valence-electron chi connectivity index (χ0n) is 11.3. The molecule has 0 radical (unpaired) electrons. The summed E-state index contributed by atoms with van der Waals surface area (Å²) < 4.78 is 14.0. The molecular weight excluding hydrogens is 247 g/mol. The van der Waals surface area contributed by atoms with Gasteiger partial charge in [0.25, 0.3) is 5.91 Å². The Hall–Kier alpha value is -1.62. The Kier molecular flexibility index (Phi) is 4.04. The summed E-state index contributed by atoms with van der Waals surface area (Å²) in [6, 6.07) is 4.63. The number of likely N-dealkylation sites (tertiary alicyclic amines) is 1. The SMILES string of the molecule is CN(C)c1ccc(C(=O)N2CCC(CO)C2)c(F)c1. The van der Waals surface area contributed by atoms with Gasteiger partial charge in [0.1, 0.15) is 5.82 Å². The van der Waals surface area contributed by atoms with E-state index in [1.54, 1.807) is 15.9 Å². The summed E-state index contributed by atoms with van der Waals surface area (Å²) in [6.45, 7) is 1.16. The number of rotatable bonds is 3. The van der Waals surface area contributed by atoms with E-state index in [1.165, 1.54) is 12.1 Å². The molecule has 2 rings (SSSR count). The lowest BCUT2D eigenvalue weighted by Crippen LogP contribution is -2.30. The summed E-state index contributed by atoms with van der Waals surface area (Å²) >= 11 is 0. The van der Waals surface area contributed by atoms with Gasteiger partial charge in [0.05, 0.1) is 5.56 Å². The number of amides is 1. The molecule has 0 saturated carbocycles. The monoisotopic (exact) mass is 266 g/mol. The van der Waals surface area contributed by atoms with Crippen molar-refractivity contribution in [1.82, 2.24) is 4.90 Å². The summed E-state index contributed by atoms with van der Waals surface area (Å²) in [7, 11) is 3.64. The third-order valence-corrected chi connectivity index (χ3v) is 3.53. The molecule has 1 amide bonds.